The van der Waals surface area contributed by atoms with Crippen molar-refractivity contribution in [1.29, 1.82) is 0 Å². The van der Waals surface area contributed by atoms with Gasteiger partial charge in [-0.05, 0) is 18.6 Å². The van der Waals surface area contributed by atoms with E-state index in [4.69, 9.17) is 4.74 Å². The topological polar surface area (TPSA) is 55.8 Å². The standard InChI is InChI=1S/C12H14O4/c1-4-5-8-10(15-2)7-6-9(11(8)13)12(14)16-3/h4,6-7,13H,1,5H2,2-3H3. The van der Waals surface area contributed by atoms with E-state index in [2.05, 4.69) is 11.3 Å². The average molecular weight is 222 g/mol. The summed E-state index contributed by atoms with van der Waals surface area (Å²) >= 11 is 0. The van der Waals surface area contributed by atoms with Crippen molar-refractivity contribution < 1.29 is 19.4 Å². The lowest BCUT2D eigenvalue weighted by Gasteiger charge is -2.11. The van der Waals surface area contributed by atoms with Gasteiger partial charge in [-0.2, -0.15) is 0 Å². The number of carbonyl (C=O) groups excluding carboxylic acids is 1. The summed E-state index contributed by atoms with van der Waals surface area (Å²) in [6, 6.07) is 3.08. The van der Waals surface area contributed by atoms with E-state index in [9.17, 15) is 9.90 Å². The minimum Gasteiger partial charge on any atom is -0.507 e. The van der Waals surface area contributed by atoms with Gasteiger partial charge in [0.05, 0.1) is 14.2 Å². The van der Waals surface area contributed by atoms with E-state index < -0.39 is 5.97 Å². The third-order valence-electron chi connectivity index (χ3n) is 2.21. The Morgan fingerprint density at radius 2 is 2.19 bits per heavy atom. The molecule has 4 nitrogen and oxygen atoms in total. The first kappa shape index (κ1) is 12.1. The zero-order valence-corrected chi connectivity index (χ0v) is 9.32. The number of ether oxygens (including phenoxy) is 2. The number of phenolic OH excluding ortho intramolecular Hbond substituents is 1. The summed E-state index contributed by atoms with van der Waals surface area (Å²) in [5, 5.41) is 9.90. The van der Waals surface area contributed by atoms with Crippen LogP contribution >= 0.6 is 0 Å². The molecule has 0 heterocycles. The maximum atomic E-state index is 11.3. The third-order valence-corrected chi connectivity index (χ3v) is 2.21. The van der Waals surface area contributed by atoms with E-state index in [0.717, 1.165) is 0 Å². The summed E-state index contributed by atoms with van der Waals surface area (Å²) in [6.45, 7) is 3.58. The first-order chi connectivity index (χ1) is 7.65. The van der Waals surface area contributed by atoms with Crippen molar-refractivity contribution >= 4 is 5.97 Å². The summed E-state index contributed by atoms with van der Waals surface area (Å²) in [4.78, 5) is 11.3. The summed E-state index contributed by atoms with van der Waals surface area (Å²) in [5.74, 6) is -0.179. The van der Waals surface area contributed by atoms with E-state index >= 15 is 0 Å². The molecule has 4 heteroatoms. The van der Waals surface area contributed by atoms with Gasteiger partial charge < -0.3 is 14.6 Å². The summed E-state index contributed by atoms with van der Waals surface area (Å²) < 4.78 is 9.65. The van der Waals surface area contributed by atoms with Crippen LogP contribution in [0.3, 0.4) is 0 Å². The molecule has 16 heavy (non-hydrogen) atoms. The molecule has 0 aromatic heterocycles. The minimum atomic E-state index is -0.578. The molecular formula is C12H14O4. The molecular weight excluding hydrogens is 208 g/mol. The molecule has 0 aliphatic rings. The molecule has 0 saturated carbocycles. The Morgan fingerprint density at radius 1 is 1.50 bits per heavy atom. The molecule has 1 aromatic carbocycles. The highest BCUT2D eigenvalue weighted by atomic mass is 16.5. The van der Waals surface area contributed by atoms with Crippen LogP contribution in [-0.4, -0.2) is 25.3 Å². The zero-order valence-electron chi connectivity index (χ0n) is 9.32. The van der Waals surface area contributed by atoms with E-state index in [0.29, 0.717) is 17.7 Å². The fraction of sp³-hybridized carbons (Fsp3) is 0.250. The van der Waals surface area contributed by atoms with Gasteiger partial charge in [0.2, 0.25) is 0 Å². The maximum Gasteiger partial charge on any atom is 0.341 e. The predicted octanol–water partition coefficient (Wildman–Crippen LogP) is 1.92. The number of phenols is 1. The molecule has 0 radical (unpaired) electrons. The van der Waals surface area contributed by atoms with E-state index in [1.807, 2.05) is 0 Å². The molecule has 0 atom stereocenters. The normalized spacial score (nSPS) is 9.62. The Morgan fingerprint density at radius 3 is 2.69 bits per heavy atom. The lowest BCUT2D eigenvalue weighted by atomic mass is 10.0. The Bertz CT molecular complexity index is 410. The van der Waals surface area contributed by atoms with Gasteiger partial charge in [-0.3, -0.25) is 0 Å². The van der Waals surface area contributed by atoms with Crippen LogP contribution in [0.5, 0.6) is 11.5 Å². The molecule has 0 amide bonds. The minimum absolute atomic E-state index is 0.119. The van der Waals surface area contributed by atoms with Gasteiger partial charge in [0.1, 0.15) is 17.1 Å². The largest absolute Gasteiger partial charge is 0.507 e. The fourth-order valence-electron chi connectivity index (χ4n) is 1.43. The Kier molecular flexibility index (Phi) is 3.94. The van der Waals surface area contributed by atoms with Crippen molar-refractivity contribution in [2.45, 2.75) is 6.42 Å². The Hall–Kier alpha value is -1.97. The highest BCUT2D eigenvalue weighted by molar-refractivity contribution is 5.93. The van der Waals surface area contributed by atoms with Crippen molar-refractivity contribution in [2.75, 3.05) is 14.2 Å². The molecule has 1 N–H and O–H groups in total. The van der Waals surface area contributed by atoms with E-state index in [1.165, 1.54) is 20.3 Å². The Balaban J connectivity index is 3.30. The zero-order chi connectivity index (χ0) is 12.1. The number of aromatic hydroxyl groups is 1. The molecule has 0 aliphatic carbocycles. The molecule has 0 saturated heterocycles. The van der Waals surface area contributed by atoms with Gasteiger partial charge in [0.15, 0.2) is 0 Å². The van der Waals surface area contributed by atoms with Gasteiger partial charge in [-0.15, -0.1) is 6.58 Å². The van der Waals surface area contributed by atoms with Crippen molar-refractivity contribution in [1.82, 2.24) is 0 Å². The van der Waals surface area contributed by atoms with Gasteiger partial charge in [-0.25, -0.2) is 4.79 Å². The first-order valence-corrected chi connectivity index (χ1v) is 4.73. The highest BCUT2D eigenvalue weighted by Gasteiger charge is 2.17. The van der Waals surface area contributed by atoms with Gasteiger partial charge in [0.25, 0.3) is 0 Å². The SMILES string of the molecule is C=CCc1c(OC)ccc(C(=O)OC)c1O. The second-order valence-corrected chi connectivity index (χ2v) is 3.13. The van der Waals surface area contributed by atoms with Crippen molar-refractivity contribution in [3.8, 4) is 11.5 Å². The summed E-state index contributed by atoms with van der Waals surface area (Å²) in [7, 11) is 2.76. The fourth-order valence-corrected chi connectivity index (χ4v) is 1.43. The second kappa shape index (κ2) is 5.21. The molecule has 0 fully saturated rings. The molecule has 0 bridgehead atoms. The van der Waals surface area contributed by atoms with Crippen LogP contribution in [0.1, 0.15) is 15.9 Å². The average Bonchev–Trinajstić information content (AvgIpc) is 2.31. The number of hydrogen-bond acceptors (Lipinski definition) is 4. The van der Waals surface area contributed by atoms with Crippen molar-refractivity contribution in [2.24, 2.45) is 0 Å². The van der Waals surface area contributed by atoms with E-state index in [-0.39, 0.29) is 11.3 Å². The smallest absolute Gasteiger partial charge is 0.341 e. The highest BCUT2D eigenvalue weighted by Crippen LogP contribution is 2.32. The molecule has 0 spiro atoms. The maximum absolute atomic E-state index is 11.3. The summed E-state index contributed by atoms with van der Waals surface area (Å²) in [6.07, 6.45) is 2.04. The second-order valence-electron chi connectivity index (χ2n) is 3.13. The number of carbonyl (C=O) groups is 1. The molecule has 1 rings (SSSR count). The number of allylic oxidation sites excluding steroid dienone is 1. The predicted molar refractivity (Wildman–Crippen MR) is 59.9 cm³/mol. The number of esters is 1. The molecule has 0 aliphatic heterocycles. The summed E-state index contributed by atoms with van der Waals surface area (Å²) in [5.41, 5.74) is 0.653. The van der Waals surface area contributed by atoms with Crippen LogP contribution in [-0.2, 0) is 11.2 Å². The van der Waals surface area contributed by atoms with Crippen molar-refractivity contribution in [3.63, 3.8) is 0 Å². The number of methoxy groups -OCH3 is 2. The molecule has 86 valence electrons. The Labute approximate surface area is 94.1 Å². The van der Waals surface area contributed by atoms with Gasteiger partial charge >= 0.3 is 5.97 Å². The quantitative estimate of drug-likeness (QED) is 0.624. The van der Waals surface area contributed by atoms with Gasteiger partial charge in [-0.1, -0.05) is 6.08 Å². The van der Waals surface area contributed by atoms with Gasteiger partial charge in [0, 0.05) is 5.56 Å². The lowest BCUT2D eigenvalue weighted by molar-refractivity contribution is 0.0597. The van der Waals surface area contributed by atoms with Crippen LogP contribution in [0.4, 0.5) is 0 Å². The lowest BCUT2D eigenvalue weighted by Crippen LogP contribution is -2.04. The van der Waals surface area contributed by atoms with Crippen LogP contribution in [0.25, 0.3) is 0 Å². The monoisotopic (exact) mass is 222 g/mol. The van der Waals surface area contributed by atoms with E-state index in [1.54, 1.807) is 12.1 Å². The van der Waals surface area contributed by atoms with Crippen LogP contribution in [0, 0.1) is 0 Å². The van der Waals surface area contributed by atoms with Crippen LogP contribution in [0.2, 0.25) is 0 Å². The first-order valence-electron chi connectivity index (χ1n) is 4.73. The molecule has 0 unspecified atom stereocenters. The van der Waals surface area contributed by atoms with Crippen LogP contribution in [0.15, 0.2) is 24.8 Å². The third kappa shape index (κ3) is 2.16. The van der Waals surface area contributed by atoms with Crippen LogP contribution < -0.4 is 4.74 Å². The number of rotatable bonds is 4. The number of benzene rings is 1. The van der Waals surface area contributed by atoms with Crippen molar-refractivity contribution in [3.05, 3.63) is 35.9 Å². The number of hydrogen-bond donors (Lipinski definition) is 1. The molecule has 1 aromatic rings.